The Morgan fingerprint density at radius 2 is 1.77 bits per heavy atom. The molecule has 1 fully saturated rings. The minimum atomic E-state index is -0.163. The molecule has 2 amide bonds. The summed E-state index contributed by atoms with van der Waals surface area (Å²) in [7, 11) is 1.82. The van der Waals surface area contributed by atoms with Crippen molar-refractivity contribution in [1.29, 1.82) is 5.26 Å². The number of carbonyl (C=O) groups excluding carboxylic acids is 2. The summed E-state index contributed by atoms with van der Waals surface area (Å²) in [6, 6.07) is 18.9. The molecule has 8 heteroatoms. The Morgan fingerprint density at radius 1 is 1.10 bits per heavy atom. The van der Waals surface area contributed by atoms with Crippen molar-refractivity contribution in [3.63, 3.8) is 0 Å². The number of rotatable bonds is 7. The van der Waals surface area contributed by atoms with Crippen molar-refractivity contribution >= 4 is 23.2 Å². The number of para-hydroxylation sites is 1. The van der Waals surface area contributed by atoms with Crippen LogP contribution in [0.4, 0.5) is 11.4 Å². The number of piperazine rings is 1. The molecule has 0 aromatic heterocycles. The van der Waals surface area contributed by atoms with Crippen molar-refractivity contribution in [2.45, 2.75) is 6.42 Å². The van der Waals surface area contributed by atoms with Gasteiger partial charge in [0.1, 0.15) is 6.07 Å². The van der Waals surface area contributed by atoms with E-state index >= 15 is 0 Å². The molecule has 1 heterocycles. The maximum absolute atomic E-state index is 12.0. The third-order valence-electron chi connectivity index (χ3n) is 4.84. The van der Waals surface area contributed by atoms with Crippen LogP contribution in [-0.4, -0.2) is 67.9 Å². The first-order valence-corrected chi connectivity index (χ1v) is 10.3. The van der Waals surface area contributed by atoms with E-state index in [4.69, 9.17) is 11.0 Å². The van der Waals surface area contributed by atoms with Crippen LogP contribution in [0.5, 0.6) is 0 Å². The summed E-state index contributed by atoms with van der Waals surface area (Å²) in [5.41, 5.74) is 6.92. The van der Waals surface area contributed by atoms with Gasteiger partial charge in [-0.3, -0.25) is 14.5 Å². The van der Waals surface area contributed by atoms with Crippen molar-refractivity contribution in [1.82, 2.24) is 15.1 Å². The lowest BCUT2D eigenvalue weighted by Crippen LogP contribution is -2.50. The Kier molecular flexibility index (Phi) is 10.0. The average molecular weight is 423 g/mol. The zero-order valence-electron chi connectivity index (χ0n) is 17.9. The van der Waals surface area contributed by atoms with Gasteiger partial charge in [0.05, 0.1) is 23.5 Å². The van der Waals surface area contributed by atoms with Crippen molar-refractivity contribution in [3.8, 4) is 6.07 Å². The van der Waals surface area contributed by atoms with Gasteiger partial charge in [-0.15, -0.1) is 0 Å². The monoisotopic (exact) mass is 422 g/mol. The van der Waals surface area contributed by atoms with Crippen molar-refractivity contribution in [2.24, 2.45) is 0 Å². The van der Waals surface area contributed by atoms with E-state index < -0.39 is 0 Å². The van der Waals surface area contributed by atoms with E-state index in [9.17, 15) is 9.59 Å². The van der Waals surface area contributed by atoms with Crippen LogP contribution in [0.1, 0.15) is 12.0 Å². The molecule has 0 radical (unpaired) electrons. The maximum Gasteiger partial charge on any atom is 0.236 e. The first-order valence-electron chi connectivity index (χ1n) is 10.3. The van der Waals surface area contributed by atoms with Gasteiger partial charge >= 0.3 is 0 Å². The molecule has 3 rings (SSSR count). The Bertz CT molecular complexity index is 855. The van der Waals surface area contributed by atoms with E-state index in [2.05, 4.69) is 15.5 Å². The van der Waals surface area contributed by atoms with E-state index in [0.717, 1.165) is 26.2 Å². The van der Waals surface area contributed by atoms with Gasteiger partial charge in [0.2, 0.25) is 11.8 Å². The van der Waals surface area contributed by atoms with E-state index in [0.29, 0.717) is 30.8 Å². The number of hydrogen-bond acceptors (Lipinski definition) is 6. The number of likely N-dealkylation sites (N-methyl/N-ethyl adjacent to an activating group) is 1. The molecule has 1 aliphatic rings. The van der Waals surface area contributed by atoms with E-state index in [1.807, 2.05) is 49.5 Å². The lowest BCUT2D eigenvalue weighted by Gasteiger charge is -2.31. The normalized spacial score (nSPS) is 13.7. The number of amides is 2. The van der Waals surface area contributed by atoms with Crippen LogP contribution in [-0.2, 0) is 9.59 Å². The zero-order valence-corrected chi connectivity index (χ0v) is 17.9. The van der Waals surface area contributed by atoms with Gasteiger partial charge in [-0.2, -0.15) is 5.26 Å². The quantitative estimate of drug-likeness (QED) is 0.460. The minimum absolute atomic E-state index is 0.141. The third kappa shape index (κ3) is 8.46. The standard InChI is InChI=1S/C17H24N6O2.C6H6/c1-22-9-10-23(12-16(22)25)8-7-20-6-5-15(24)21-14-4-2-3-13(11-18)17(14)19;1-2-4-6-5-3-1/h2-4,20H,5-10,12,19H2,1H3,(H,21,24);1-6H. The first kappa shape index (κ1) is 23.9. The molecule has 0 saturated carbocycles. The molecule has 31 heavy (non-hydrogen) atoms. The Morgan fingerprint density at radius 3 is 2.39 bits per heavy atom. The van der Waals surface area contributed by atoms with Gasteiger partial charge in [-0.05, 0) is 12.1 Å². The van der Waals surface area contributed by atoms with Crippen molar-refractivity contribution in [2.75, 3.05) is 57.4 Å². The summed E-state index contributed by atoms with van der Waals surface area (Å²) in [5.74, 6) is -0.0214. The number of nitrogen functional groups attached to an aromatic ring is 1. The number of nitriles is 1. The Balaban J connectivity index is 0.000000488. The molecule has 2 aromatic carbocycles. The zero-order chi connectivity index (χ0) is 22.5. The third-order valence-corrected chi connectivity index (χ3v) is 4.84. The maximum atomic E-state index is 12.0. The van der Waals surface area contributed by atoms with Gasteiger partial charge in [0, 0.05) is 46.2 Å². The van der Waals surface area contributed by atoms with E-state index in [1.165, 1.54) is 0 Å². The smallest absolute Gasteiger partial charge is 0.236 e. The predicted molar refractivity (Wildman–Crippen MR) is 122 cm³/mol. The lowest BCUT2D eigenvalue weighted by molar-refractivity contribution is -0.134. The summed E-state index contributed by atoms with van der Waals surface area (Å²) >= 11 is 0. The molecule has 4 N–H and O–H groups in total. The van der Waals surface area contributed by atoms with Gasteiger partial charge in [0.15, 0.2) is 0 Å². The molecule has 0 aliphatic carbocycles. The lowest BCUT2D eigenvalue weighted by atomic mass is 10.1. The second kappa shape index (κ2) is 13.0. The summed E-state index contributed by atoms with van der Waals surface area (Å²) in [6.07, 6.45) is 0.303. The summed E-state index contributed by atoms with van der Waals surface area (Å²) in [6.45, 7) is 4.11. The van der Waals surface area contributed by atoms with Crippen molar-refractivity contribution < 1.29 is 9.59 Å². The van der Waals surface area contributed by atoms with Crippen LogP contribution >= 0.6 is 0 Å². The molecular weight excluding hydrogens is 392 g/mol. The van der Waals surface area contributed by atoms with Gasteiger partial charge in [-0.1, -0.05) is 42.5 Å². The fourth-order valence-corrected chi connectivity index (χ4v) is 2.93. The minimum Gasteiger partial charge on any atom is -0.396 e. The van der Waals surface area contributed by atoms with Gasteiger partial charge in [0.25, 0.3) is 0 Å². The molecule has 1 saturated heterocycles. The highest BCUT2D eigenvalue weighted by Crippen LogP contribution is 2.21. The summed E-state index contributed by atoms with van der Waals surface area (Å²) < 4.78 is 0. The fraction of sp³-hybridized carbons (Fsp3) is 0.348. The van der Waals surface area contributed by atoms with Gasteiger partial charge < -0.3 is 21.3 Å². The number of carbonyl (C=O) groups is 2. The van der Waals surface area contributed by atoms with Crippen molar-refractivity contribution in [3.05, 3.63) is 60.2 Å². The molecule has 0 spiro atoms. The molecule has 2 aromatic rings. The number of hydrogen-bond donors (Lipinski definition) is 3. The van der Waals surface area contributed by atoms with Crippen LogP contribution in [0, 0.1) is 11.3 Å². The highest BCUT2D eigenvalue weighted by atomic mass is 16.2. The van der Waals surface area contributed by atoms with E-state index in [-0.39, 0.29) is 17.5 Å². The van der Waals surface area contributed by atoms with E-state index in [1.54, 1.807) is 23.1 Å². The van der Waals surface area contributed by atoms with Crippen LogP contribution in [0.25, 0.3) is 0 Å². The number of benzene rings is 2. The number of nitrogens with zero attached hydrogens (tertiary/aromatic N) is 3. The predicted octanol–water partition coefficient (Wildman–Crippen LogP) is 1.52. The Labute approximate surface area is 183 Å². The van der Waals surface area contributed by atoms with Crippen LogP contribution in [0.2, 0.25) is 0 Å². The number of nitrogens with two attached hydrogens (primary N) is 1. The molecule has 0 bridgehead atoms. The molecule has 164 valence electrons. The second-order valence-corrected chi connectivity index (χ2v) is 7.17. The molecular formula is C23H30N6O2. The SMILES string of the molecule is CN1CCN(CCNCCC(=O)Nc2cccc(C#N)c2N)CC1=O.c1ccccc1. The topological polar surface area (TPSA) is 114 Å². The van der Waals surface area contributed by atoms with Gasteiger partial charge in [-0.25, -0.2) is 0 Å². The van der Waals surface area contributed by atoms with Crippen LogP contribution in [0.3, 0.4) is 0 Å². The molecule has 8 nitrogen and oxygen atoms in total. The molecule has 1 aliphatic heterocycles. The first-order chi connectivity index (χ1) is 15.0. The summed E-state index contributed by atoms with van der Waals surface area (Å²) in [5, 5.41) is 14.9. The molecule has 0 unspecified atom stereocenters. The highest BCUT2D eigenvalue weighted by molar-refractivity contribution is 5.94. The van der Waals surface area contributed by atoms with Crippen LogP contribution in [0.15, 0.2) is 54.6 Å². The number of anilines is 2. The van der Waals surface area contributed by atoms with Crippen LogP contribution < -0.4 is 16.4 Å². The highest BCUT2D eigenvalue weighted by Gasteiger charge is 2.20. The Hall–Kier alpha value is -3.41. The number of nitrogens with one attached hydrogen (secondary N) is 2. The largest absolute Gasteiger partial charge is 0.396 e. The average Bonchev–Trinajstić information content (AvgIpc) is 2.79. The molecule has 0 atom stereocenters. The fourth-order valence-electron chi connectivity index (χ4n) is 2.93. The second-order valence-electron chi connectivity index (χ2n) is 7.17. The summed E-state index contributed by atoms with van der Waals surface area (Å²) in [4.78, 5) is 27.4.